The molecule has 0 bridgehead atoms. The van der Waals surface area contributed by atoms with Gasteiger partial charge in [0.05, 0.1) is 11.5 Å². The van der Waals surface area contributed by atoms with Crippen LogP contribution in [-0.4, -0.2) is 41.3 Å². The maximum Gasteiger partial charge on any atom is 0.410 e. The molecule has 1 rings (SSSR count). The lowest BCUT2D eigenvalue weighted by atomic mass is 9.76. The molecule has 0 unspecified atom stereocenters. The summed E-state index contributed by atoms with van der Waals surface area (Å²) in [4.78, 5) is 24.5. The average molecular weight is 243 g/mol. The van der Waals surface area contributed by atoms with Crippen LogP contribution < -0.4 is 0 Å². The van der Waals surface area contributed by atoms with E-state index < -0.39 is 11.4 Å². The standard InChI is InChI=1S/C12H21NO4/c1-4-12(10(14)15)5-7-13(8-6-12)11(16)17-9(2)3/h9H,4-8H2,1-3H3,(H,14,15). The minimum atomic E-state index is -0.753. The number of amides is 1. The zero-order valence-corrected chi connectivity index (χ0v) is 10.7. The average Bonchev–Trinajstić information content (AvgIpc) is 2.28. The Morgan fingerprint density at radius 3 is 2.24 bits per heavy atom. The van der Waals surface area contributed by atoms with Gasteiger partial charge in [0.1, 0.15) is 0 Å². The third kappa shape index (κ3) is 3.11. The number of carbonyl (C=O) groups excluding carboxylic acids is 1. The monoisotopic (exact) mass is 243 g/mol. The van der Waals surface area contributed by atoms with E-state index in [1.165, 1.54) is 0 Å². The molecule has 1 amide bonds. The molecule has 0 aliphatic carbocycles. The quantitative estimate of drug-likeness (QED) is 0.824. The van der Waals surface area contributed by atoms with Crippen molar-refractivity contribution in [2.75, 3.05) is 13.1 Å². The summed E-state index contributed by atoms with van der Waals surface area (Å²) in [5.41, 5.74) is -0.658. The van der Waals surface area contributed by atoms with Gasteiger partial charge in [0, 0.05) is 13.1 Å². The molecule has 1 fully saturated rings. The Labute approximate surface area is 102 Å². The van der Waals surface area contributed by atoms with Crippen molar-refractivity contribution in [3.05, 3.63) is 0 Å². The molecule has 5 heteroatoms. The minimum absolute atomic E-state index is 0.139. The second kappa shape index (κ2) is 5.38. The van der Waals surface area contributed by atoms with Gasteiger partial charge in [-0.05, 0) is 33.1 Å². The van der Waals surface area contributed by atoms with E-state index in [2.05, 4.69) is 0 Å². The predicted octanol–water partition coefficient (Wildman–Crippen LogP) is 2.11. The van der Waals surface area contributed by atoms with Crippen molar-refractivity contribution < 1.29 is 19.4 Å². The molecule has 1 heterocycles. The van der Waals surface area contributed by atoms with Crippen LogP contribution in [0.25, 0.3) is 0 Å². The summed E-state index contributed by atoms with van der Waals surface area (Å²) in [5.74, 6) is -0.753. The highest BCUT2D eigenvalue weighted by Crippen LogP contribution is 2.35. The van der Waals surface area contributed by atoms with E-state index in [1.807, 2.05) is 6.92 Å². The molecule has 0 aromatic rings. The summed E-state index contributed by atoms with van der Waals surface area (Å²) in [5, 5.41) is 9.22. The molecule has 1 saturated heterocycles. The zero-order valence-electron chi connectivity index (χ0n) is 10.7. The fourth-order valence-corrected chi connectivity index (χ4v) is 2.11. The van der Waals surface area contributed by atoms with Crippen LogP contribution in [0.3, 0.4) is 0 Å². The molecule has 1 N–H and O–H groups in total. The summed E-state index contributed by atoms with van der Waals surface area (Å²) in [6.07, 6.45) is 1.14. The number of likely N-dealkylation sites (tertiary alicyclic amines) is 1. The second-order valence-corrected chi connectivity index (χ2v) is 4.86. The van der Waals surface area contributed by atoms with Crippen LogP contribution in [0.4, 0.5) is 4.79 Å². The molecule has 1 aliphatic heterocycles. The van der Waals surface area contributed by atoms with Crippen molar-refractivity contribution in [1.82, 2.24) is 4.90 Å². The van der Waals surface area contributed by atoms with Gasteiger partial charge < -0.3 is 14.7 Å². The normalized spacial score (nSPS) is 19.2. The molecule has 0 saturated carbocycles. The molecule has 0 spiro atoms. The second-order valence-electron chi connectivity index (χ2n) is 4.86. The summed E-state index contributed by atoms with van der Waals surface area (Å²) in [7, 11) is 0. The molecule has 17 heavy (non-hydrogen) atoms. The highest BCUT2D eigenvalue weighted by Gasteiger charge is 2.41. The maximum absolute atomic E-state index is 11.6. The zero-order chi connectivity index (χ0) is 13.1. The summed E-state index contributed by atoms with van der Waals surface area (Å²) >= 11 is 0. The van der Waals surface area contributed by atoms with Crippen molar-refractivity contribution in [3.63, 3.8) is 0 Å². The SMILES string of the molecule is CCC1(C(=O)O)CCN(C(=O)OC(C)C)CC1. The Balaban J connectivity index is 2.55. The summed E-state index contributed by atoms with van der Waals surface area (Å²) in [6, 6.07) is 0. The number of piperidine rings is 1. The Morgan fingerprint density at radius 1 is 1.35 bits per heavy atom. The number of ether oxygens (including phenoxy) is 1. The van der Waals surface area contributed by atoms with Gasteiger partial charge in [-0.15, -0.1) is 0 Å². The van der Waals surface area contributed by atoms with E-state index in [-0.39, 0.29) is 12.2 Å². The molecule has 0 radical (unpaired) electrons. The van der Waals surface area contributed by atoms with Gasteiger partial charge in [0.25, 0.3) is 0 Å². The Morgan fingerprint density at radius 2 is 1.88 bits per heavy atom. The van der Waals surface area contributed by atoms with E-state index in [4.69, 9.17) is 4.74 Å². The van der Waals surface area contributed by atoms with Gasteiger partial charge in [0.15, 0.2) is 0 Å². The van der Waals surface area contributed by atoms with Crippen molar-refractivity contribution in [2.24, 2.45) is 5.41 Å². The van der Waals surface area contributed by atoms with Crippen molar-refractivity contribution >= 4 is 12.1 Å². The topological polar surface area (TPSA) is 66.8 Å². The Hall–Kier alpha value is -1.26. The summed E-state index contributed by atoms with van der Waals surface area (Å²) in [6.45, 7) is 6.42. The van der Waals surface area contributed by atoms with E-state index in [1.54, 1.807) is 18.7 Å². The van der Waals surface area contributed by atoms with E-state index >= 15 is 0 Å². The number of rotatable bonds is 3. The third-order valence-electron chi connectivity index (χ3n) is 3.45. The van der Waals surface area contributed by atoms with Crippen LogP contribution >= 0.6 is 0 Å². The number of carbonyl (C=O) groups is 2. The molecule has 98 valence electrons. The largest absolute Gasteiger partial charge is 0.481 e. The van der Waals surface area contributed by atoms with E-state index in [9.17, 15) is 14.7 Å². The fraction of sp³-hybridized carbons (Fsp3) is 0.833. The fourth-order valence-electron chi connectivity index (χ4n) is 2.11. The van der Waals surface area contributed by atoms with Crippen LogP contribution in [0.1, 0.15) is 40.0 Å². The van der Waals surface area contributed by atoms with Gasteiger partial charge in [0.2, 0.25) is 0 Å². The number of carboxylic acid groups (broad SMARTS) is 1. The Kier molecular flexibility index (Phi) is 4.37. The predicted molar refractivity (Wildman–Crippen MR) is 62.8 cm³/mol. The minimum Gasteiger partial charge on any atom is -0.481 e. The number of nitrogens with zero attached hydrogens (tertiary/aromatic N) is 1. The first kappa shape index (κ1) is 13.8. The van der Waals surface area contributed by atoms with E-state index in [0.717, 1.165) is 0 Å². The third-order valence-corrected chi connectivity index (χ3v) is 3.45. The first-order chi connectivity index (χ1) is 7.91. The van der Waals surface area contributed by atoms with Crippen LogP contribution in [0, 0.1) is 5.41 Å². The lowest BCUT2D eigenvalue weighted by Crippen LogP contribution is -2.46. The van der Waals surface area contributed by atoms with Crippen LogP contribution in [0.15, 0.2) is 0 Å². The number of hydrogen-bond donors (Lipinski definition) is 1. The summed E-state index contributed by atoms with van der Waals surface area (Å²) < 4.78 is 5.09. The highest BCUT2D eigenvalue weighted by molar-refractivity contribution is 5.75. The smallest absolute Gasteiger partial charge is 0.410 e. The van der Waals surface area contributed by atoms with Crippen LogP contribution in [-0.2, 0) is 9.53 Å². The maximum atomic E-state index is 11.6. The van der Waals surface area contributed by atoms with Gasteiger partial charge >= 0.3 is 12.1 Å². The lowest BCUT2D eigenvalue weighted by Gasteiger charge is -2.37. The molecule has 5 nitrogen and oxygen atoms in total. The van der Waals surface area contributed by atoms with Gasteiger partial charge in [-0.1, -0.05) is 6.92 Å². The number of carboxylic acids is 1. The molecule has 0 aromatic heterocycles. The number of hydrogen-bond acceptors (Lipinski definition) is 3. The number of aliphatic carboxylic acids is 1. The van der Waals surface area contributed by atoms with Gasteiger partial charge in [-0.3, -0.25) is 4.79 Å². The van der Waals surface area contributed by atoms with Gasteiger partial charge in [-0.25, -0.2) is 4.79 Å². The lowest BCUT2D eigenvalue weighted by molar-refractivity contribution is -0.152. The first-order valence-corrected chi connectivity index (χ1v) is 6.10. The van der Waals surface area contributed by atoms with Crippen LogP contribution in [0.2, 0.25) is 0 Å². The highest BCUT2D eigenvalue weighted by atomic mass is 16.6. The van der Waals surface area contributed by atoms with Crippen molar-refractivity contribution in [1.29, 1.82) is 0 Å². The first-order valence-electron chi connectivity index (χ1n) is 6.10. The van der Waals surface area contributed by atoms with Crippen molar-refractivity contribution in [2.45, 2.75) is 46.1 Å². The molecular weight excluding hydrogens is 222 g/mol. The van der Waals surface area contributed by atoms with Crippen LogP contribution in [0.5, 0.6) is 0 Å². The van der Waals surface area contributed by atoms with E-state index in [0.29, 0.717) is 32.4 Å². The Bertz CT molecular complexity index is 293. The van der Waals surface area contributed by atoms with Crippen molar-refractivity contribution in [3.8, 4) is 0 Å². The van der Waals surface area contributed by atoms with Gasteiger partial charge in [-0.2, -0.15) is 0 Å². The molecule has 0 aromatic carbocycles. The molecule has 0 atom stereocenters. The molecular formula is C12H21NO4. The molecule has 1 aliphatic rings.